The maximum atomic E-state index is 5.97. The van der Waals surface area contributed by atoms with Crippen molar-refractivity contribution < 1.29 is 0 Å². The molecule has 1 saturated heterocycles. The molecule has 0 bridgehead atoms. The van der Waals surface area contributed by atoms with Crippen molar-refractivity contribution in [3.63, 3.8) is 0 Å². The van der Waals surface area contributed by atoms with Crippen molar-refractivity contribution in [2.24, 2.45) is 0 Å². The molecule has 0 amide bonds. The molecule has 1 aliphatic heterocycles. The monoisotopic (exact) mass is 268 g/mol. The molecular formula is C16H20N4. The Morgan fingerprint density at radius 2 is 1.85 bits per heavy atom. The molecule has 0 saturated carbocycles. The molecule has 3 rings (SSSR count). The summed E-state index contributed by atoms with van der Waals surface area (Å²) in [5, 5.41) is 3.26. The number of pyridine rings is 1. The second-order valence-electron chi connectivity index (χ2n) is 5.32. The van der Waals surface area contributed by atoms with Gasteiger partial charge in [-0.2, -0.15) is 0 Å². The van der Waals surface area contributed by atoms with Crippen LogP contribution in [0.3, 0.4) is 0 Å². The fraction of sp³-hybridized carbons (Fsp3) is 0.312. The zero-order valence-electron chi connectivity index (χ0n) is 11.8. The van der Waals surface area contributed by atoms with Crippen molar-refractivity contribution in [1.29, 1.82) is 0 Å². The van der Waals surface area contributed by atoms with E-state index < -0.39 is 0 Å². The van der Waals surface area contributed by atoms with Crippen LogP contribution in [0.1, 0.15) is 18.4 Å². The van der Waals surface area contributed by atoms with E-state index >= 15 is 0 Å². The number of hydrogen-bond donors (Lipinski definition) is 2. The van der Waals surface area contributed by atoms with Crippen molar-refractivity contribution >= 4 is 22.9 Å². The maximum absolute atomic E-state index is 5.97. The minimum absolute atomic E-state index is 0.675. The summed E-state index contributed by atoms with van der Waals surface area (Å²) < 4.78 is 0. The smallest absolute Gasteiger partial charge is 0.153 e. The molecule has 1 aromatic carbocycles. The predicted octanol–water partition coefficient (Wildman–Crippen LogP) is 3.32. The molecular weight excluding hydrogens is 248 g/mol. The van der Waals surface area contributed by atoms with Crippen molar-refractivity contribution in [3.05, 3.63) is 42.1 Å². The zero-order valence-corrected chi connectivity index (χ0v) is 11.8. The summed E-state index contributed by atoms with van der Waals surface area (Å²) in [4.78, 5) is 6.75. The second-order valence-corrected chi connectivity index (χ2v) is 5.32. The SMILES string of the molecule is Cc1cnc(Nc2ccc(N3CCCC3)cc2)c(N)c1. The van der Waals surface area contributed by atoms with Gasteiger partial charge in [0.05, 0.1) is 5.69 Å². The number of nitrogen functional groups attached to an aromatic ring is 1. The van der Waals surface area contributed by atoms with Gasteiger partial charge >= 0.3 is 0 Å². The van der Waals surface area contributed by atoms with Crippen LogP contribution in [0.5, 0.6) is 0 Å². The van der Waals surface area contributed by atoms with E-state index in [1.54, 1.807) is 0 Å². The van der Waals surface area contributed by atoms with Gasteiger partial charge in [0.15, 0.2) is 5.82 Å². The first-order valence-corrected chi connectivity index (χ1v) is 7.06. The van der Waals surface area contributed by atoms with Gasteiger partial charge in [-0.15, -0.1) is 0 Å². The first-order chi connectivity index (χ1) is 9.72. The summed E-state index contributed by atoms with van der Waals surface area (Å²) in [6.07, 6.45) is 4.41. The van der Waals surface area contributed by atoms with E-state index in [2.05, 4.69) is 39.5 Å². The average Bonchev–Trinajstić information content (AvgIpc) is 2.97. The minimum Gasteiger partial charge on any atom is -0.396 e. The Bertz CT molecular complexity index is 586. The highest BCUT2D eigenvalue weighted by atomic mass is 15.1. The second kappa shape index (κ2) is 5.41. The third kappa shape index (κ3) is 2.69. The number of nitrogens with one attached hydrogen (secondary N) is 1. The van der Waals surface area contributed by atoms with Crippen LogP contribution < -0.4 is 16.0 Å². The first kappa shape index (κ1) is 12.8. The van der Waals surface area contributed by atoms with Gasteiger partial charge in [0, 0.05) is 30.7 Å². The Hall–Kier alpha value is -2.23. The van der Waals surface area contributed by atoms with Crippen LogP contribution in [0.2, 0.25) is 0 Å². The van der Waals surface area contributed by atoms with Crippen molar-refractivity contribution in [3.8, 4) is 0 Å². The topological polar surface area (TPSA) is 54.2 Å². The summed E-state index contributed by atoms with van der Waals surface area (Å²) in [6.45, 7) is 4.32. The molecule has 0 aliphatic carbocycles. The number of nitrogens with zero attached hydrogens (tertiary/aromatic N) is 2. The molecule has 0 radical (unpaired) electrons. The van der Waals surface area contributed by atoms with Crippen molar-refractivity contribution in [2.45, 2.75) is 19.8 Å². The lowest BCUT2D eigenvalue weighted by atomic mass is 10.2. The molecule has 2 heterocycles. The van der Waals surface area contributed by atoms with Crippen LogP contribution in [0, 0.1) is 6.92 Å². The van der Waals surface area contributed by atoms with E-state index in [4.69, 9.17) is 5.73 Å². The summed E-state index contributed by atoms with van der Waals surface area (Å²) in [5.41, 5.74) is 10.0. The number of hydrogen-bond acceptors (Lipinski definition) is 4. The highest BCUT2D eigenvalue weighted by molar-refractivity contribution is 5.70. The van der Waals surface area contributed by atoms with Gasteiger partial charge in [-0.3, -0.25) is 0 Å². The number of benzene rings is 1. The summed E-state index contributed by atoms with van der Waals surface area (Å²) in [6, 6.07) is 10.4. The van der Waals surface area contributed by atoms with Crippen LogP contribution in [0.25, 0.3) is 0 Å². The Morgan fingerprint density at radius 3 is 2.50 bits per heavy atom. The predicted molar refractivity (Wildman–Crippen MR) is 84.6 cm³/mol. The van der Waals surface area contributed by atoms with E-state index in [0.29, 0.717) is 11.5 Å². The lowest BCUT2D eigenvalue weighted by molar-refractivity contribution is 0.949. The quantitative estimate of drug-likeness (QED) is 0.896. The van der Waals surface area contributed by atoms with Gasteiger partial charge in [0.25, 0.3) is 0 Å². The molecule has 1 aliphatic rings. The highest BCUT2D eigenvalue weighted by Gasteiger charge is 2.11. The normalized spacial score (nSPS) is 14.6. The fourth-order valence-electron chi connectivity index (χ4n) is 2.56. The van der Waals surface area contributed by atoms with E-state index in [9.17, 15) is 0 Å². The number of anilines is 4. The van der Waals surface area contributed by atoms with Crippen LogP contribution in [0.15, 0.2) is 36.5 Å². The summed E-state index contributed by atoms with van der Waals surface area (Å²) in [7, 11) is 0. The Kier molecular flexibility index (Phi) is 3.46. The maximum Gasteiger partial charge on any atom is 0.153 e. The van der Waals surface area contributed by atoms with Gasteiger partial charge < -0.3 is 16.0 Å². The number of aromatic nitrogens is 1. The van der Waals surface area contributed by atoms with Crippen LogP contribution in [-0.2, 0) is 0 Å². The molecule has 0 spiro atoms. The molecule has 104 valence electrons. The largest absolute Gasteiger partial charge is 0.396 e. The van der Waals surface area contributed by atoms with E-state index in [1.165, 1.54) is 31.6 Å². The zero-order chi connectivity index (χ0) is 13.9. The number of rotatable bonds is 3. The van der Waals surface area contributed by atoms with E-state index in [-0.39, 0.29) is 0 Å². The standard InChI is InChI=1S/C16H20N4/c1-12-10-15(17)16(18-11-12)19-13-4-6-14(7-5-13)20-8-2-3-9-20/h4-7,10-11H,2-3,8-9,17H2,1H3,(H,18,19). The van der Waals surface area contributed by atoms with Crippen molar-refractivity contribution in [2.75, 3.05) is 29.0 Å². The molecule has 0 atom stereocenters. The lowest BCUT2D eigenvalue weighted by Gasteiger charge is -2.18. The van der Waals surface area contributed by atoms with E-state index in [1.807, 2.05) is 19.2 Å². The average molecular weight is 268 g/mol. The van der Waals surface area contributed by atoms with Gasteiger partial charge in [0.1, 0.15) is 0 Å². The molecule has 1 fully saturated rings. The summed E-state index contributed by atoms with van der Waals surface area (Å²) >= 11 is 0. The molecule has 4 heteroatoms. The minimum atomic E-state index is 0.675. The molecule has 4 nitrogen and oxygen atoms in total. The van der Waals surface area contributed by atoms with E-state index in [0.717, 1.165) is 11.3 Å². The number of nitrogens with two attached hydrogens (primary N) is 1. The molecule has 0 unspecified atom stereocenters. The van der Waals surface area contributed by atoms with Crippen LogP contribution in [0.4, 0.5) is 22.9 Å². The molecule has 2 aromatic rings. The Labute approximate surface area is 119 Å². The Morgan fingerprint density at radius 1 is 1.15 bits per heavy atom. The third-order valence-electron chi connectivity index (χ3n) is 3.66. The van der Waals surface area contributed by atoms with Gasteiger partial charge in [0.2, 0.25) is 0 Å². The molecule has 20 heavy (non-hydrogen) atoms. The molecule has 1 aromatic heterocycles. The van der Waals surface area contributed by atoms with Gasteiger partial charge in [-0.1, -0.05) is 0 Å². The summed E-state index contributed by atoms with van der Waals surface area (Å²) in [5.74, 6) is 0.713. The number of aryl methyl sites for hydroxylation is 1. The fourth-order valence-corrected chi connectivity index (χ4v) is 2.56. The lowest BCUT2D eigenvalue weighted by Crippen LogP contribution is -2.17. The van der Waals surface area contributed by atoms with Gasteiger partial charge in [-0.25, -0.2) is 4.98 Å². The van der Waals surface area contributed by atoms with Crippen LogP contribution in [-0.4, -0.2) is 18.1 Å². The first-order valence-electron chi connectivity index (χ1n) is 7.06. The highest BCUT2D eigenvalue weighted by Crippen LogP contribution is 2.25. The molecule has 3 N–H and O–H groups in total. The van der Waals surface area contributed by atoms with Gasteiger partial charge in [-0.05, 0) is 55.7 Å². The third-order valence-corrected chi connectivity index (χ3v) is 3.66. The Balaban J connectivity index is 1.74. The van der Waals surface area contributed by atoms with Crippen LogP contribution >= 0.6 is 0 Å². The van der Waals surface area contributed by atoms with Crippen molar-refractivity contribution in [1.82, 2.24) is 4.98 Å².